The van der Waals surface area contributed by atoms with E-state index in [-0.39, 0.29) is 6.10 Å². The minimum absolute atomic E-state index is 0.271. The Morgan fingerprint density at radius 1 is 1.11 bits per heavy atom. The molecular weight excluding hydrogens is 224 g/mol. The fourth-order valence-electron chi connectivity index (χ4n) is 1.90. The first-order valence-electron chi connectivity index (χ1n) is 6.79. The van der Waals surface area contributed by atoms with Crippen LogP contribution in [-0.4, -0.2) is 22.4 Å². The zero-order chi connectivity index (χ0) is 13.2. The van der Waals surface area contributed by atoms with Gasteiger partial charge < -0.3 is 10.2 Å². The minimum Gasteiger partial charge on any atom is -0.393 e. The maximum absolute atomic E-state index is 9.78. The second kappa shape index (κ2) is 8.90. The molecule has 0 fully saturated rings. The van der Waals surface area contributed by atoms with Crippen LogP contribution in [0.15, 0.2) is 42.5 Å². The Hall–Kier alpha value is -1.12. The van der Waals surface area contributed by atoms with Crippen LogP contribution in [0.1, 0.15) is 38.2 Å². The van der Waals surface area contributed by atoms with E-state index in [9.17, 15) is 10.2 Å². The van der Waals surface area contributed by atoms with Crippen LogP contribution < -0.4 is 0 Å². The molecule has 0 amide bonds. The molecule has 0 radical (unpaired) electrons. The maximum Gasteiger partial charge on any atom is 0.0724 e. The Bertz CT molecular complexity index is 332. The standard InChI is InChI=1S/C16H24O2/c1-2-7-15(17)10-6-11-16(18)13-12-14-8-4-3-5-9-14/h3-6,8-9,11,15-18H,2,7,10,12-13H2,1H3/b11-6-/t15-,16+/m0/s1. The number of benzene rings is 1. The number of aryl methyl sites for hydroxylation is 1. The van der Waals surface area contributed by atoms with E-state index < -0.39 is 6.10 Å². The van der Waals surface area contributed by atoms with Crippen molar-refractivity contribution in [3.8, 4) is 0 Å². The van der Waals surface area contributed by atoms with Crippen molar-refractivity contribution in [3.63, 3.8) is 0 Å². The Balaban J connectivity index is 2.21. The fourth-order valence-corrected chi connectivity index (χ4v) is 1.90. The molecule has 0 heterocycles. The highest BCUT2D eigenvalue weighted by atomic mass is 16.3. The predicted molar refractivity (Wildman–Crippen MR) is 75.4 cm³/mol. The van der Waals surface area contributed by atoms with E-state index in [0.29, 0.717) is 6.42 Å². The highest BCUT2D eigenvalue weighted by Gasteiger charge is 2.02. The smallest absolute Gasteiger partial charge is 0.0724 e. The van der Waals surface area contributed by atoms with Crippen LogP contribution in [0, 0.1) is 0 Å². The highest BCUT2D eigenvalue weighted by Crippen LogP contribution is 2.07. The van der Waals surface area contributed by atoms with Crippen LogP contribution in [0.25, 0.3) is 0 Å². The van der Waals surface area contributed by atoms with Gasteiger partial charge >= 0.3 is 0 Å². The summed E-state index contributed by atoms with van der Waals surface area (Å²) in [6.07, 6.45) is 7.05. The lowest BCUT2D eigenvalue weighted by Gasteiger charge is -2.07. The summed E-state index contributed by atoms with van der Waals surface area (Å²) >= 11 is 0. The first-order valence-corrected chi connectivity index (χ1v) is 6.79. The SMILES string of the molecule is CCC[C@H](O)C/C=C\[C@@H](O)CCc1ccccc1. The van der Waals surface area contributed by atoms with Crippen LogP contribution in [0.3, 0.4) is 0 Å². The molecule has 100 valence electrons. The molecule has 0 aliphatic carbocycles. The number of rotatable bonds is 8. The van der Waals surface area contributed by atoms with Crippen molar-refractivity contribution < 1.29 is 10.2 Å². The van der Waals surface area contributed by atoms with Gasteiger partial charge in [-0.2, -0.15) is 0 Å². The van der Waals surface area contributed by atoms with E-state index in [0.717, 1.165) is 25.7 Å². The van der Waals surface area contributed by atoms with E-state index in [1.54, 1.807) is 6.08 Å². The van der Waals surface area contributed by atoms with Crippen LogP contribution in [0.4, 0.5) is 0 Å². The van der Waals surface area contributed by atoms with Gasteiger partial charge in [0.05, 0.1) is 12.2 Å². The summed E-state index contributed by atoms with van der Waals surface area (Å²) in [5, 5.41) is 19.3. The van der Waals surface area contributed by atoms with Gasteiger partial charge in [-0.25, -0.2) is 0 Å². The summed E-state index contributed by atoms with van der Waals surface area (Å²) in [6, 6.07) is 10.2. The van der Waals surface area contributed by atoms with Crippen molar-refractivity contribution in [1.82, 2.24) is 0 Å². The average Bonchev–Trinajstić information content (AvgIpc) is 2.38. The molecule has 0 spiro atoms. The molecule has 0 saturated carbocycles. The molecule has 0 aliphatic rings. The van der Waals surface area contributed by atoms with Gasteiger partial charge in [0.15, 0.2) is 0 Å². The third-order valence-corrected chi connectivity index (χ3v) is 2.96. The molecule has 0 unspecified atom stereocenters. The predicted octanol–water partition coefficient (Wildman–Crippen LogP) is 3.09. The Morgan fingerprint density at radius 3 is 2.50 bits per heavy atom. The van der Waals surface area contributed by atoms with Gasteiger partial charge in [0.25, 0.3) is 0 Å². The number of aliphatic hydroxyl groups excluding tert-OH is 2. The minimum atomic E-state index is -0.418. The maximum atomic E-state index is 9.78. The van der Waals surface area contributed by atoms with E-state index in [4.69, 9.17) is 0 Å². The van der Waals surface area contributed by atoms with Crippen LogP contribution in [0.2, 0.25) is 0 Å². The summed E-state index contributed by atoms with van der Waals surface area (Å²) < 4.78 is 0. The zero-order valence-corrected chi connectivity index (χ0v) is 11.1. The highest BCUT2D eigenvalue weighted by molar-refractivity contribution is 5.15. The molecule has 2 heteroatoms. The third-order valence-electron chi connectivity index (χ3n) is 2.96. The van der Waals surface area contributed by atoms with E-state index in [2.05, 4.69) is 19.1 Å². The van der Waals surface area contributed by atoms with Gasteiger partial charge in [0, 0.05) is 0 Å². The van der Waals surface area contributed by atoms with E-state index in [1.165, 1.54) is 5.56 Å². The zero-order valence-electron chi connectivity index (χ0n) is 11.1. The Labute approximate surface area is 110 Å². The molecule has 0 aromatic heterocycles. The van der Waals surface area contributed by atoms with Crippen molar-refractivity contribution >= 4 is 0 Å². The van der Waals surface area contributed by atoms with Crippen molar-refractivity contribution in [2.24, 2.45) is 0 Å². The first-order chi connectivity index (χ1) is 8.72. The summed E-state index contributed by atoms with van der Waals surface area (Å²) in [5.41, 5.74) is 1.25. The van der Waals surface area contributed by atoms with E-state index >= 15 is 0 Å². The monoisotopic (exact) mass is 248 g/mol. The Kier molecular flexibility index (Phi) is 7.38. The lowest BCUT2D eigenvalue weighted by Crippen LogP contribution is -2.06. The molecule has 2 atom stereocenters. The first kappa shape index (κ1) is 14.9. The third kappa shape index (κ3) is 6.58. The van der Waals surface area contributed by atoms with Gasteiger partial charge in [-0.05, 0) is 31.2 Å². The lowest BCUT2D eigenvalue weighted by molar-refractivity contribution is 0.165. The van der Waals surface area contributed by atoms with Gasteiger partial charge in [-0.15, -0.1) is 0 Å². The molecule has 0 aliphatic heterocycles. The van der Waals surface area contributed by atoms with Gasteiger partial charge in [0.1, 0.15) is 0 Å². The van der Waals surface area contributed by atoms with Crippen molar-refractivity contribution in [1.29, 1.82) is 0 Å². The largest absolute Gasteiger partial charge is 0.393 e. The second-order valence-corrected chi connectivity index (χ2v) is 4.70. The molecular formula is C16H24O2. The van der Waals surface area contributed by atoms with Crippen molar-refractivity contribution in [3.05, 3.63) is 48.0 Å². The fraction of sp³-hybridized carbons (Fsp3) is 0.500. The van der Waals surface area contributed by atoms with E-state index in [1.807, 2.05) is 24.3 Å². The van der Waals surface area contributed by atoms with Crippen molar-refractivity contribution in [2.75, 3.05) is 0 Å². The molecule has 1 aromatic rings. The summed E-state index contributed by atoms with van der Waals surface area (Å²) in [7, 11) is 0. The molecule has 0 bridgehead atoms. The average molecular weight is 248 g/mol. The Morgan fingerprint density at radius 2 is 1.83 bits per heavy atom. The van der Waals surface area contributed by atoms with Crippen molar-refractivity contribution in [2.45, 2.75) is 51.2 Å². The topological polar surface area (TPSA) is 40.5 Å². The molecule has 1 rings (SSSR count). The van der Waals surface area contributed by atoms with Gasteiger partial charge in [-0.3, -0.25) is 0 Å². The number of hydrogen-bond donors (Lipinski definition) is 2. The van der Waals surface area contributed by atoms with Gasteiger partial charge in [0.2, 0.25) is 0 Å². The molecule has 2 nitrogen and oxygen atoms in total. The summed E-state index contributed by atoms with van der Waals surface area (Å²) in [6.45, 7) is 2.06. The van der Waals surface area contributed by atoms with Crippen LogP contribution >= 0.6 is 0 Å². The second-order valence-electron chi connectivity index (χ2n) is 4.70. The number of hydrogen-bond acceptors (Lipinski definition) is 2. The molecule has 18 heavy (non-hydrogen) atoms. The van der Waals surface area contributed by atoms with Gasteiger partial charge in [-0.1, -0.05) is 55.8 Å². The van der Waals surface area contributed by atoms with Crippen LogP contribution in [-0.2, 0) is 6.42 Å². The lowest BCUT2D eigenvalue weighted by atomic mass is 10.1. The molecule has 2 N–H and O–H groups in total. The summed E-state index contributed by atoms with van der Waals surface area (Å²) in [5.74, 6) is 0. The summed E-state index contributed by atoms with van der Waals surface area (Å²) in [4.78, 5) is 0. The normalized spacial score (nSPS) is 14.8. The molecule has 1 aromatic carbocycles. The quantitative estimate of drug-likeness (QED) is 0.694. The number of aliphatic hydroxyl groups is 2. The molecule has 0 saturated heterocycles. The van der Waals surface area contributed by atoms with Crippen LogP contribution in [0.5, 0.6) is 0 Å².